The topological polar surface area (TPSA) is 65.2 Å². The maximum absolute atomic E-state index is 12.6. The van der Waals surface area contributed by atoms with Crippen LogP contribution in [0.25, 0.3) is 0 Å². The van der Waals surface area contributed by atoms with Gasteiger partial charge in [-0.25, -0.2) is 4.98 Å². The minimum atomic E-state index is -0.304. The van der Waals surface area contributed by atoms with Crippen molar-refractivity contribution in [2.45, 2.75) is 6.92 Å². The molecule has 0 atom stereocenters. The molecule has 1 heterocycles. The number of anilines is 1. The first kappa shape index (κ1) is 15.4. The summed E-state index contributed by atoms with van der Waals surface area (Å²) < 4.78 is 5.29. The second kappa shape index (κ2) is 6.65. The van der Waals surface area contributed by atoms with E-state index >= 15 is 0 Å². The van der Waals surface area contributed by atoms with Crippen LogP contribution in [0.2, 0.25) is 5.15 Å². The third-order valence-corrected chi connectivity index (χ3v) is 3.26. The van der Waals surface area contributed by atoms with Crippen LogP contribution in [0.5, 0.6) is 0 Å². The Balaban J connectivity index is 2.57. The Kier molecular flexibility index (Phi) is 4.88. The number of rotatable bonds is 4. The predicted octanol–water partition coefficient (Wildman–Crippen LogP) is 3.26. The first-order chi connectivity index (χ1) is 10.0. The van der Waals surface area contributed by atoms with E-state index in [1.54, 1.807) is 31.2 Å². The number of hydrogen-bond donors (Lipinski definition) is 1. The molecule has 108 valence electrons. The summed E-state index contributed by atoms with van der Waals surface area (Å²) >= 11 is 11.1. The molecule has 0 amide bonds. The van der Waals surface area contributed by atoms with Gasteiger partial charge in [0.05, 0.1) is 12.2 Å². The molecular formula is C15H13ClN2O2S. The van der Waals surface area contributed by atoms with E-state index in [0.717, 1.165) is 0 Å². The lowest BCUT2D eigenvalue weighted by Crippen LogP contribution is -2.16. The zero-order valence-electron chi connectivity index (χ0n) is 11.3. The van der Waals surface area contributed by atoms with Crippen LogP contribution in [0.15, 0.2) is 36.4 Å². The normalized spacial score (nSPS) is 10.2. The van der Waals surface area contributed by atoms with Crippen molar-refractivity contribution in [3.05, 3.63) is 58.4 Å². The smallest absolute Gasteiger partial charge is 0.212 e. The second-order valence-electron chi connectivity index (χ2n) is 4.17. The van der Waals surface area contributed by atoms with Crippen LogP contribution in [0.4, 0.5) is 5.69 Å². The molecule has 6 heteroatoms. The molecule has 4 nitrogen and oxygen atoms in total. The highest BCUT2D eigenvalue weighted by Crippen LogP contribution is 2.24. The quantitative estimate of drug-likeness (QED) is 0.532. The molecule has 1 aromatic heterocycles. The van der Waals surface area contributed by atoms with E-state index in [-0.39, 0.29) is 27.4 Å². The summed E-state index contributed by atoms with van der Waals surface area (Å²) in [5.41, 5.74) is 7.09. The van der Waals surface area contributed by atoms with Gasteiger partial charge < -0.3 is 10.5 Å². The molecule has 21 heavy (non-hydrogen) atoms. The third kappa shape index (κ3) is 3.37. The van der Waals surface area contributed by atoms with Gasteiger partial charge in [0.15, 0.2) is 5.05 Å². The van der Waals surface area contributed by atoms with Gasteiger partial charge in [-0.15, -0.1) is 0 Å². The van der Waals surface area contributed by atoms with Crippen LogP contribution in [-0.2, 0) is 4.74 Å². The SMILES string of the molecule is CCOC(=S)c1c(N)cc(Cl)nc1C(=O)c1ccccc1. The van der Waals surface area contributed by atoms with Gasteiger partial charge in [0, 0.05) is 11.3 Å². The van der Waals surface area contributed by atoms with E-state index in [2.05, 4.69) is 4.98 Å². The summed E-state index contributed by atoms with van der Waals surface area (Å²) in [5.74, 6) is -0.304. The van der Waals surface area contributed by atoms with Crippen molar-refractivity contribution in [3.63, 3.8) is 0 Å². The van der Waals surface area contributed by atoms with Crippen molar-refractivity contribution < 1.29 is 9.53 Å². The molecule has 0 unspecified atom stereocenters. The van der Waals surface area contributed by atoms with Crippen LogP contribution in [0, 0.1) is 0 Å². The number of nitrogen functional groups attached to an aromatic ring is 1. The standard InChI is InChI=1S/C15H13ClN2O2S/c1-2-20-15(21)12-10(17)8-11(16)18-13(12)14(19)9-6-4-3-5-7-9/h3-8H,2H2,1H3,(H2,17,18). The highest BCUT2D eigenvalue weighted by Gasteiger charge is 2.22. The Labute approximate surface area is 132 Å². The zero-order valence-corrected chi connectivity index (χ0v) is 12.9. The summed E-state index contributed by atoms with van der Waals surface area (Å²) in [6.07, 6.45) is 0. The molecule has 2 aromatic rings. The first-order valence-electron chi connectivity index (χ1n) is 6.27. The first-order valence-corrected chi connectivity index (χ1v) is 7.06. The lowest BCUT2D eigenvalue weighted by atomic mass is 10.0. The third-order valence-electron chi connectivity index (χ3n) is 2.75. The Morgan fingerprint density at radius 2 is 2.05 bits per heavy atom. The molecule has 0 bridgehead atoms. The monoisotopic (exact) mass is 320 g/mol. The van der Waals surface area contributed by atoms with Gasteiger partial charge in [-0.1, -0.05) is 41.9 Å². The Hall–Kier alpha value is -1.98. The molecule has 2 N–H and O–H groups in total. The largest absolute Gasteiger partial charge is 0.483 e. The van der Waals surface area contributed by atoms with E-state index in [9.17, 15) is 4.79 Å². The van der Waals surface area contributed by atoms with Crippen molar-refractivity contribution in [2.75, 3.05) is 12.3 Å². The number of carbonyl (C=O) groups is 1. The van der Waals surface area contributed by atoms with Gasteiger partial charge >= 0.3 is 0 Å². The van der Waals surface area contributed by atoms with Gasteiger partial charge in [0.25, 0.3) is 0 Å². The fraction of sp³-hybridized carbons (Fsp3) is 0.133. The highest BCUT2D eigenvalue weighted by atomic mass is 35.5. The van der Waals surface area contributed by atoms with Crippen molar-refractivity contribution in [2.24, 2.45) is 0 Å². The average molecular weight is 321 g/mol. The van der Waals surface area contributed by atoms with E-state index < -0.39 is 0 Å². The Morgan fingerprint density at radius 3 is 2.67 bits per heavy atom. The number of aromatic nitrogens is 1. The number of ether oxygens (including phenoxy) is 1. The number of pyridine rings is 1. The predicted molar refractivity (Wildman–Crippen MR) is 86.9 cm³/mol. The van der Waals surface area contributed by atoms with Gasteiger partial charge in [0.1, 0.15) is 10.8 Å². The van der Waals surface area contributed by atoms with Gasteiger partial charge in [0.2, 0.25) is 5.78 Å². The molecule has 0 aliphatic rings. The molecular weight excluding hydrogens is 308 g/mol. The maximum Gasteiger partial charge on any atom is 0.212 e. The molecule has 2 rings (SSSR count). The van der Waals surface area contributed by atoms with Gasteiger partial charge in [-0.3, -0.25) is 4.79 Å². The number of halogens is 1. The summed E-state index contributed by atoms with van der Waals surface area (Å²) in [6, 6.07) is 10.2. The van der Waals surface area contributed by atoms with Gasteiger partial charge in [-0.2, -0.15) is 0 Å². The van der Waals surface area contributed by atoms with Gasteiger partial charge in [-0.05, 0) is 25.2 Å². The summed E-state index contributed by atoms with van der Waals surface area (Å²) in [6.45, 7) is 2.17. The second-order valence-corrected chi connectivity index (χ2v) is 4.93. The minimum Gasteiger partial charge on any atom is -0.483 e. The molecule has 0 aliphatic heterocycles. The Morgan fingerprint density at radius 1 is 1.38 bits per heavy atom. The van der Waals surface area contributed by atoms with E-state index in [0.29, 0.717) is 17.7 Å². The van der Waals surface area contributed by atoms with Crippen LogP contribution in [-0.4, -0.2) is 22.4 Å². The van der Waals surface area contributed by atoms with Crippen molar-refractivity contribution >= 4 is 40.3 Å². The van der Waals surface area contributed by atoms with Crippen molar-refractivity contribution in [3.8, 4) is 0 Å². The lowest BCUT2D eigenvalue weighted by molar-refractivity contribution is 0.103. The van der Waals surface area contributed by atoms with E-state index in [1.165, 1.54) is 6.07 Å². The molecule has 1 aromatic carbocycles. The molecule has 0 spiro atoms. The molecule has 0 saturated carbocycles. The summed E-state index contributed by atoms with van der Waals surface area (Å²) in [7, 11) is 0. The molecule has 0 fully saturated rings. The maximum atomic E-state index is 12.6. The molecule has 0 radical (unpaired) electrons. The number of nitrogens with two attached hydrogens (primary N) is 1. The summed E-state index contributed by atoms with van der Waals surface area (Å²) in [4.78, 5) is 16.7. The van der Waals surface area contributed by atoms with Crippen LogP contribution in [0.1, 0.15) is 28.5 Å². The molecule has 0 aliphatic carbocycles. The van der Waals surface area contributed by atoms with E-state index in [4.69, 9.17) is 34.3 Å². The lowest BCUT2D eigenvalue weighted by Gasteiger charge is -2.12. The van der Waals surface area contributed by atoms with Crippen LogP contribution in [0.3, 0.4) is 0 Å². The van der Waals surface area contributed by atoms with Crippen LogP contribution >= 0.6 is 23.8 Å². The number of benzene rings is 1. The average Bonchev–Trinajstić information content (AvgIpc) is 2.46. The molecule has 0 saturated heterocycles. The minimum absolute atomic E-state index is 0.102. The van der Waals surface area contributed by atoms with E-state index in [1.807, 2.05) is 6.07 Å². The van der Waals surface area contributed by atoms with Crippen LogP contribution < -0.4 is 5.73 Å². The number of hydrogen-bond acceptors (Lipinski definition) is 5. The highest BCUT2D eigenvalue weighted by molar-refractivity contribution is 7.80. The Bertz CT molecular complexity index is 690. The summed E-state index contributed by atoms with van der Waals surface area (Å²) in [5, 5.41) is 0.272. The van der Waals surface area contributed by atoms with Crippen molar-refractivity contribution in [1.29, 1.82) is 0 Å². The zero-order chi connectivity index (χ0) is 15.4. The number of nitrogens with zero attached hydrogens (tertiary/aromatic N) is 1. The number of carbonyl (C=O) groups excluding carboxylic acids is 1. The number of ketones is 1. The fourth-order valence-corrected chi connectivity index (χ4v) is 2.37. The number of thiocarbonyl (C=S) groups is 1. The fourth-order valence-electron chi connectivity index (χ4n) is 1.84. The van der Waals surface area contributed by atoms with Crippen molar-refractivity contribution in [1.82, 2.24) is 4.98 Å².